The van der Waals surface area contributed by atoms with E-state index in [2.05, 4.69) is 5.32 Å². The smallest absolute Gasteiger partial charge is 0.255 e. The summed E-state index contributed by atoms with van der Waals surface area (Å²) in [6.45, 7) is 7.83. The van der Waals surface area contributed by atoms with Gasteiger partial charge in [-0.05, 0) is 26.8 Å². The Balaban J connectivity index is 2.80. The van der Waals surface area contributed by atoms with E-state index in [1.807, 2.05) is 27.7 Å². The van der Waals surface area contributed by atoms with E-state index in [0.29, 0.717) is 5.56 Å². The van der Waals surface area contributed by atoms with Crippen molar-refractivity contribution in [2.75, 3.05) is 0 Å². The maximum atomic E-state index is 11.7. The molecule has 14 heavy (non-hydrogen) atoms. The van der Waals surface area contributed by atoms with Gasteiger partial charge < -0.3 is 9.73 Å². The van der Waals surface area contributed by atoms with Gasteiger partial charge in [-0.15, -0.1) is 0 Å². The minimum absolute atomic E-state index is 0.0666. The number of furan rings is 1. The summed E-state index contributed by atoms with van der Waals surface area (Å²) in [6.07, 6.45) is 2.29. The monoisotopic (exact) mass is 195 g/mol. The molecule has 0 spiro atoms. The van der Waals surface area contributed by atoms with Crippen LogP contribution in [0.3, 0.4) is 0 Å². The minimum Gasteiger partial charge on any atom is -0.469 e. The van der Waals surface area contributed by atoms with Crippen LogP contribution in [0.4, 0.5) is 0 Å². The van der Waals surface area contributed by atoms with Crippen LogP contribution < -0.4 is 5.32 Å². The summed E-state index contributed by atoms with van der Waals surface area (Å²) in [5.41, 5.74) is 0.432. The molecule has 0 aliphatic carbocycles. The number of amides is 1. The Labute approximate surface area is 84.5 Å². The summed E-state index contributed by atoms with van der Waals surface area (Å²) in [4.78, 5) is 11.7. The summed E-state index contributed by atoms with van der Waals surface area (Å²) < 4.78 is 5.19. The van der Waals surface area contributed by atoms with Crippen LogP contribution in [0.15, 0.2) is 16.7 Å². The van der Waals surface area contributed by atoms with E-state index in [4.69, 9.17) is 4.42 Å². The molecule has 0 radical (unpaired) electrons. The molecule has 1 N–H and O–H groups in total. The van der Waals surface area contributed by atoms with Gasteiger partial charge in [-0.2, -0.15) is 0 Å². The molecule has 0 saturated carbocycles. The summed E-state index contributed by atoms with van der Waals surface area (Å²) in [6, 6.07) is 1.71. The molecule has 0 aliphatic heterocycles. The maximum absolute atomic E-state index is 11.7. The summed E-state index contributed by atoms with van der Waals surface area (Å²) in [5.74, 6) is 0.676. The van der Waals surface area contributed by atoms with Crippen LogP contribution in [0, 0.1) is 0 Å². The SMILES string of the molecule is CCc1occc1C(=O)NC(C)(C)C. The Bertz CT molecular complexity index is 320. The van der Waals surface area contributed by atoms with Gasteiger partial charge in [0, 0.05) is 12.0 Å². The molecular formula is C11H17NO2. The normalized spacial score (nSPS) is 11.4. The van der Waals surface area contributed by atoms with Crippen molar-refractivity contribution < 1.29 is 9.21 Å². The lowest BCUT2D eigenvalue weighted by Crippen LogP contribution is -2.40. The molecular weight excluding hydrogens is 178 g/mol. The molecule has 1 rings (SSSR count). The lowest BCUT2D eigenvalue weighted by atomic mass is 10.1. The standard InChI is InChI=1S/C11H17NO2/c1-5-9-8(6-7-14-9)10(13)12-11(2,3)4/h6-7H,5H2,1-4H3,(H,12,13). The Morgan fingerprint density at radius 2 is 2.14 bits per heavy atom. The van der Waals surface area contributed by atoms with Crippen LogP contribution >= 0.6 is 0 Å². The second kappa shape index (κ2) is 3.86. The fraction of sp³-hybridized carbons (Fsp3) is 0.545. The van der Waals surface area contributed by atoms with E-state index >= 15 is 0 Å². The molecule has 3 nitrogen and oxygen atoms in total. The van der Waals surface area contributed by atoms with Crippen molar-refractivity contribution in [3.05, 3.63) is 23.7 Å². The molecule has 1 aromatic rings. The van der Waals surface area contributed by atoms with E-state index in [1.54, 1.807) is 12.3 Å². The van der Waals surface area contributed by atoms with Crippen molar-refractivity contribution in [1.29, 1.82) is 0 Å². The number of hydrogen-bond donors (Lipinski definition) is 1. The second-order valence-electron chi connectivity index (χ2n) is 4.32. The number of rotatable bonds is 2. The van der Waals surface area contributed by atoms with Crippen molar-refractivity contribution in [1.82, 2.24) is 5.32 Å². The minimum atomic E-state index is -0.209. The highest BCUT2D eigenvalue weighted by atomic mass is 16.3. The highest BCUT2D eigenvalue weighted by molar-refractivity contribution is 5.95. The van der Waals surface area contributed by atoms with E-state index in [9.17, 15) is 4.79 Å². The number of nitrogens with one attached hydrogen (secondary N) is 1. The first-order valence-corrected chi connectivity index (χ1v) is 4.83. The number of aryl methyl sites for hydroxylation is 1. The van der Waals surface area contributed by atoms with Crippen molar-refractivity contribution in [2.24, 2.45) is 0 Å². The van der Waals surface area contributed by atoms with E-state index in [1.165, 1.54) is 0 Å². The summed E-state index contributed by atoms with van der Waals surface area (Å²) >= 11 is 0. The van der Waals surface area contributed by atoms with Crippen LogP contribution in [0.25, 0.3) is 0 Å². The van der Waals surface area contributed by atoms with Gasteiger partial charge in [-0.25, -0.2) is 0 Å². The molecule has 1 aromatic heterocycles. The Kier molecular flexibility index (Phi) is 2.99. The third-order valence-electron chi connectivity index (χ3n) is 1.80. The van der Waals surface area contributed by atoms with Crippen LogP contribution in [0.1, 0.15) is 43.8 Å². The van der Waals surface area contributed by atoms with E-state index in [0.717, 1.165) is 12.2 Å². The predicted molar refractivity (Wildman–Crippen MR) is 55.3 cm³/mol. The fourth-order valence-corrected chi connectivity index (χ4v) is 1.22. The van der Waals surface area contributed by atoms with Crippen LogP contribution in [-0.4, -0.2) is 11.4 Å². The first-order chi connectivity index (χ1) is 6.44. The van der Waals surface area contributed by atoms with E-state index < -0.39 is 0 Å². The van der Waals surface area contributed by atoms with Crippen LogP contribution in [0.5, 0.6) is 0 Å². The molecule has 0 aromatic carbocycles. The molecule has 3 heteroatoms. The van der Waals surface area contributed by atoms with Gasteiger partial charge in [0.05, 0.1) is 11.8 Å². The Morgan fingerprint density at radius 1 is 1.50 bits per heavy atom. The molecule has 0 fully saturated rings. The first kappa shape index (κ1) is 10.8. The molecule has 0 bridgehead atoms. The van der Waals surface area contributed by atoms with Crippen molar-refractivity contribution in [2.45, 2.75) is 39.7 Å². The third kappa shape index (κ3) is 2.62. The Morgan fingerprint density at radius 3 is 2.64 bits per heavy atom. The molecule has 0 saturated heterocycles. The maximum Gasteiger partial charge on any atom is 0.255 e. The highest BCUT2D eigenvalue weighted by Gasteiger charge is 2.18. The molecule has 0 atom stereocenters. The second-order valence-corrected chi connectivity index (χ2v) is 4.32. The average molecular weight is 195 g/mol. The lowest BCUT2D eigenvalue weighted by Gasteiger charge is -2.20. The third-order valence-corrected chi connectivity index (χ3v) is 1.80. The molecule has 0 aliphatic rings. The number of hydrogen-bond acceptors (Lipinski definition) is 2. The molecule has 1 amide bonds. The first-order valence-electron chi connectivity index (χ1n) is 4.83. The zero-order valence-corrected chi connectivity index (χ0v) is 9.18. The van der Waals surface area contributed by atoms with Crippen molar-refractivity contribution >= 4 is 5.91 Å². The van der Waals surface area contributed by atoms with Crippen molar-refractivity contribution in [3.8, 4) is 0 Å². The van der Waals surface area contributed by atoms with Gasteiger partial charge in [-0.1, -0.05) is 6.92 Å². The van der Waals surface area contributed by atoms with Gasteiger partial charge >= 0.3 is 0 Å². The number of carbonyl (C=O) groups is 1. The highest BCUT2D eigenvalue weighted by Crippen LogP contribution is 2.12. The van der Waals surface area contributed by atoms with Gasteiger partial charge in [0.2, 0.25) is 0 Å². The van der Waals surface area contributed by atoms with Gasteiger partial charge in [0.25, 0.3) is 5.91 Å². The quantitative estimate of drug-likeness (QED) is 0.787. The van der Waals surface area contributed by atoms with Crippen LogP contribution in [0.2, 0.25) is 0 Å². The van der Waals surface area contributed by atoms with Crippen molar-refractivity contribution in [3.63, 3.8) is 0 Å². The zero-order chi connectivity index (χ0) is 10.8. The molecule has 0 unspecified atom stereocenters. The number of carbonyl (C=O) groups excluding carboxylic acids is 1. The topological polar surface area (TPSA) is 42.2 Å². The Hall–Kier alpha value is -1.25. The fourth-order valence-electron chi connectivity index (χ4n) is 1.22. The van der Waals surface area contributed by atoms with Gasteiger partial charge in [0.15, 0.2) is 0 Å². The largest absolute Gasteiger partial charge is 0.469 e. The van der Waals surface area contributed by atoms with Crippen LogP contribution in [-0.2, 0) is 6.42 Å². The van der Waals surface area contributed by atoms with Gasteiger partial charge in [0.1, 0.15) is 5.76 Å². The summed E-state index contributed by atoms with van der Waals surface area (Å²) in [5, 5.41) is 2.90. The van der Waals surface area contributed by atoms with E-state index in [-0.39, 0.29) is 11.4 Å². The summed E-state index contributed by atoms with van der Waals surface area (Å²) in [7, 11) is 0. The average Bonchev–Trinajstić information content (AvgIpc) is 2.47. The lowest BCUT2D eigenvalue weighted by molar-refractivity contribution is 0.0917. The zero-order valence-electron chi connectivity index (χ0n) is 9.18. The molecule has 78 valence electrons. The predicted octanol–water partition coefficient (Wildman–Crippen LogP) is 2.37. The van der Waals surface area contributed by atoms with Gasteiger partial charge in [-0.3, -0.25) is 4.79 Å². The molecule has 1 heterocycles.